The van der Waals surface area contributed by atoms with Crippen LogP contribution in [0.2, 0.25) is 20.9 Å². The van der Waals surface area contributed by atoms with Crippen LogP contribution in [0.3, 0.4) is 0 Å². The Morgan fingerprint density at radius 3 is 1.64 bits per heavy atom. The maximum Gasteiger partial charge on any atom is 0.534 e. The maximum absolute atomic E-state index is 12.6. The van der Waals surface area contributed by atoms with Crippen LogP contribution in [0.5, 0.6) is 0 Å². The van der Waals surface area contributed by atoms with Gasteiger partial charge in [-0.15, -0.1) is 20.9 Å². The minimum absolute atomic E-state index is 0.231. The van der Waals surface area contributed by atoms with Crippen molar-refractivity contribution in [2.75, 3.05) is 0 Å². The molecule has 0 amide bonds. The molecular formula is C9H2B8F3NO3S. The van der Waals surface area contributed by atoms with Crippen LogP contribution in [-0.4, -0.2) is 76.7 Å². The van der Waals surface area contributed by atoms with Crippen LogP contribution in [0.25, 0.3) is 0 Å². The van der Waals surface area contributed by atoms with Crippen molar-refractivity contribution in [2.24, 2.45) is 5.92 Å². The van der Waals surface area contributed by atoms with Crippen molar-refractivity contribution >= 4 is 72.9 Å². The number of halogens is 3. The predicted molar refractivity (Wildman–Crippen MR) is 90.0 cm³/mol. The van der Waals surface area contributed by atoms with Gasteiger partial charge in [0.2, 0.25) is 0 Å². The fourth-order valence-electron chi connectivity index (χ4n) is 2.45. The van der Waals surface area contributed by atoms with Crippen molar-refractivity contribution in [1.29, 1.82) is 5.26 Å². The number of hydrogen-bond donors (Lipinski definition) is 0. The van der Waals surface area contributed by atoms with E-state index in [4.69, 9.17) is 68.0 Å². The summed E-state index contributed by atoms with van der Waals surface area (Å²) < 4.78 is 64.1. The first-order chi connectivity index (χ1) is 10.8. The van der Waals surface area contributed by atoms with Crippen molar-refractivity contribution in [2.45, 2.75) is 26.4 Å². The zero-order valence-electron chi connectivity index (χ0n) is 12.5. The highest BCUT2D eigenvalue weighted by Crippen LogP contribution is 2.80. The van der Waals surface area contributed by atoms with Crippen LogP contribution in [0.1, 0.15) is 0 Å². The third kappa shape index (κ3) is 3.00. The molecule has 1 aliphatic carbocycles. The Kier molecular flexibility index (Phi) is 5.27. The second-order valence-corrected chi connectivity index (χ2v) is 7.23. The summed E-state index contributed by atoms with van der Waals surface area (Å²) in [6.07, 6.45) is 0.231. The molecule has 0 unspecified atom stereocenters. The van der Waals surface area contributed by atoms with Crippen LogP contribution < -0.4 is 0 Å². The molecule has 0 N–H and O–H groups in total. The summed E-state index contributed by atoms with van der Waals surface area (Å²) in [6.45, 7) is 0. The molecule has 0 aromatic heterocycles. The van der Waals surface area contributed by atoms with Crippen molar-refractivity contribution in [1.82, 2.24) is 0 Å². The summed E-state index contributed by atoms with van der Waals surface area (Å²) >= 11 is 0. The quantitative estimate of drug-likeness (QED) is 0.209. The first-order valence-electron chi connectivity index (χ1n) is 6.20. The molecule has 16 radical (unpaired) electrons. The first kappa shape index (κ1) is 22.3. The Bertz CT molecular complexity index is 714. The van der Waals surface area contributed by atoms with Crippen LogP contribution >= 0.6 is 0 Å². The lowest BCUT2D eigenvalue weighted by Crippen LogP contribution is -2.39. The summed E-state index contributed by atoms with van der Waals surface area (Å²) in [7, 11) is 39.3. The van der Waals surface area contributed by atoms with Gasteiger partial charge in [0, 0.05) is 0 Å². The number of rotatable bonds is 3. The summed E-state index contributed by atoms with van der Waals surface area (Å²) in [4.78, 5) is 0. The molecule has 1 aliphatic rings. The van der Waals surface area contributed by atoms with Gasteiger partial charge in [-0.3, -0.25) is 0 Å². The van der Waals surface area contributed by atoms with Gasteiger partial charge in [0.25, 0.3) is 0 Å². The number of allylic oxidation sites excluding steroid dienone is 2. The number of nitrogens with zero attached hydrogens (tertiary/aromatic N) is 1. The second-order valence-electron chi connectivity index (χ2n) is 5.70. The van der Waals surface area contributed by atoms with Gasteiger partial charge < -0.3 is 4.18 Å². The fraction of sp³-hybridized carbons (Fsp3) is 0.667. The van der Waals surface area contributed by atoms with Crippen LogP contribution in [0, 0.1) is 17.2 Å². The lowest BCUT2D eigenvalue weighted by atomic mass is 9.17. The van der Waals surface area contributed by atoms with Crippen molar-refractivity contribution in [3.63, 3.8) is 0 Å². The molecule has 1 saturated carbocycles. The Morgan fingerprint density at radius 1 is 1.00 bits per heavy atom. The molecule has 16 heteroatoms. The van der Waals surface area contributed by atoms with Crippen LogP contribution in [0.4, 0.5) is 13.2 Å². The summed E-state index contributed by atoms with van der Waals surface area (Å²) in [5.74, 6) is -3.38. The highest BCUT2D eigenvalue weighted by molar-refractivity contribution is 7.87. The van der Waals surface area contributed by atoms with Crippen molar-refractivity contribution < 1.29 is 25.8 Å². The topological polar surface area (TPSA) is 67.2 Å². The number of nitriles is 1. The Labute approximate surface area is 154 Å². The Balaban J connectivity index is 3.64. The van der Waals surface area contributed by atoms with Gasteiger partial charge in [-0.05, 0) is 5.92 Å². The van der Waals surface area contributed by atoms with Gasteiger partial charge >= 0.3 is 15.6 Å². The molecule has 0 aromatic rings. The van der Waals surface area contributed by atoms with E-state index in [1.54, 1.807) is 0 Å². The van der Waals surface area contributed by atoms with Gasteiger partial charge in [-0.25, -0.2) is 0 Å². The van der Waals surface area contributed by atoms with Crippen LogP contribution in [0.15, 0.2) is 11.8 Å². The van der Waals surface area contributed by atoms with Gasteiger partial charge in [0.05, 0.1) is 74.9 Å². The van der Waals surface area contributed by atoms with E-state index < -0.39 is 48.2 Å². The van der Waals surface area contributed by atoms with E-state index in [-0.39, 0.29) is 6.08 Å². The predicted octanol–water partition coefficient (Wildman–Crippen LogP) is -1.30. The minimum Gasteiger partial charge on any atom is -0.380 e. The lowest BCUT2D eigenvalue weighted by molar-refractivity contribution is -0.0527. The van der Waals surface area contributed by atoms with Crippen molar-refractivity contribution in [3.05, 3.63) is 11.8 Å². The van der Waals surface area contributed by atoms with E-state index in [0.29, 0.717) is 0 Å². The SMILES string of the molecule is [B]C1([B])C(/C(=C/C#N)OS(=O)(=O)C(F)(F)F)C([B])([B])C([B])([B])C1([B])[B]. The average Bonchev–Trinajstić information content (AvgIpc) is 2.41. The number of alkyl halides is 3. The Hall–Kier alpha value is -0.711. The van der Waals surface area contributed by atoms with E-state index in [1.807, 2.05) is 0 Å². The molecule has 1 fully saturated rings. The highest BCUT2D eigenvalue weighted by Gasteiger charge is 2.66. The van der Waals surface area contributed by atoms with Crippen molar-refractivity contribution in [3.8, 4) is 6.07 Å². The standard InChI is InChI=1S/C9H2B8F3NO3S/c10-5(11)4(6(12,13)8(16,17)7(5,14)15)3(1-2-21)24-25(22,23)9(18,19)20/h1,4H/b3-1-. The third-order valence-corrected chi connectivity index (χ3v) is 5.03. The minimum atomic E-state index is -6.24. The zero-order valence-corrected chi connectivity index (χ0v) is 13.3. The van der Waals surface area contributed by atoms with Crippen LogP contribution in [-0.2, 0) is 14.3 Å². The van der Waals surface area contributed by atoms with Gasteiger partial charge in [0.1, 0.15) is 5.76 Å². The normalized spacial score (nSPS) is 25.1. The largest absolute Gasteiger partial charge is 0.534 e. The molecule has 0 aromatic carbocycles. The van der Waals surface area contributed by atoms with E-state index >= 15 is 0 Å². The highest BCUT2D eigenvalue weighted by atomic mass is 32.2. The third-order valence-electron chi connectivity index (χ3n) is 4.05. The van der Waals surface area contributed by atoms with E-state index in [1.165, 1.54) is 6.07 Å². The molecule has 0 heterocycles. The van der Waals surface area contributed by atoms with Gasteiger partial charge in [0.15, 0.2) is 0 Å². The summed E-state index contributed by atoms with van der Waals surface area (Å²) in [5.41, 5.74) is -5.84. The zero-order chi connectivity index (χ0) is 20.3. The van der Waals surface area contributed by atoms with Gasteiger partial charge in [-0.2, -0.15) is 26.9 Å². The first-order valence-corrected chi connectivity index (χ1v) is 7.61. The summed E-state index contributed by atoms with van der Waals surface area (Å²) in [5, 5.41) is -1.47. The molecule has 0 spiro atoms. The molecule has 0 saturated heterocycles. The monoisotopic (exact) mass is 349 g/mol. The molecule has 0 bridgehead atoms. The molecule has 4 nitrogen and oxygen atoms in total. The molecule has 1 rings (SSSR count). The number of hydrogen-bond acceptors (Lipinski definition) is 4. The van der Waals surface area contributed by atoms with Gasteiger partial charge in [-0.1, -0.05) is 0 Å². The fourth-order valence-corrected chi connectivity index (χ4v) is 2.95. The second kappa shape index (κ2) is 5.90. The van der Waals surface area contributed by atoms with E-state index in [9.17, 15) is 21.6 Å². The van der Waals surface area contributed by atoms with E-state index in [0.717, 1.165) is 0 Å². The smallest absolute Gasteiger partial charge is 0.380 e. The van der Waals surface area contributed by atoms with E-state index in [2.05, 4.69) is 4.18 Å². The Morgan fingerprint density at radius 2 is 1.36 bits per heavy atom. The molecule has 0 atom stereocenters. The average molecular weight is 348 g/mol. The molecule has 25 heavy (non-hydrogen) atoms. The summed E-state index contributed by atoms with van der Waals surface area (Å²) in [6, 6.07) is 1.24. The lowest BCUT2D eigenvalue weighted by Gasteiger charge is -2.51. The maximum atomic E-state index is 12.6. The molecule has 0 aliphatic heterocycles. The molecular weight excluding hydrogens is 346 g/mol. The molecule has 112 valence electrons.